The number of pyridine rings is 1. The van der Waals surface area contributed by atoms with Crippen LogP contribution in [0.4, 0.5) is 19.0 Å². The van der Waals surface area contributed by atoms with Crippen molar-refractivity contribution in [3.63, 3.8) is 0 Å². The minimum atomic E-state index is -4.36. The fourth-order valence-corrected chi connectivity index (χ4v) is 1.92. The molecule has 0 fully saturated rings. The number of hydrogen-bond acceptors (Lipinski definition) is 4. The number of halogens is 4. The van der Waals surface area contributed by atoms with Crippen molar-refractivity contribution in [1.82, 2.24) is 15.6 Å². The summed E-state index contributed by atoms with van der Waals surface area (Å²) in [7, 11) is 1.66. The van der Waals surface area contributed by atoms with E-state index >= 15 is 0 Å². The van der Waals surface area contributed by atoms with E-state index < -0.39 is 11.7 Å². The minimum Gasteiger partial charge on any atom is -0.385 e. The minimum absolute atomic E-state index is 0. The van der Waals surface area contributed by atoms with Crippen molar-refractivity contribution >= 4 is 35.8 Å². The Bertz CT molecular complexity index is 512. The maximum absolute atomic E-state index is 12.4. The molecule has 150 valence electrons. The summed E-state index contributed by atoms with van der Waals surface area (Å²) >= 11 is 0. The van der Waals surface area contributed by atoms with Crippen LogP contribution in [-0.2, 0) is 10.9 Å². The number of hydrogen-bond donors (Lipinski definition) is 3. The molecule has 0 saturated carbocycles. The van der Waals surface area contributed by atoms with Crippen molar-refractivity contribution < 1.29 is 17.9 Å². The third kappa shape index (κ3) is 10.6. The van der Waals surface area contributed by atoms with Crippen LogP contribution < -0.4 is 16.0 Å². The Morgan fingerprint density at radius 3 is 2.54 bits per heavy atom. The lowest BCUT2D eigenvalue weighted by Crippen LogP contribution is -2.38. The number of nitrogens with zero attached hydrogens (tertiary/aromatic N) is 2. The molecule has 0 aromatic carbocycles. The maximum atomic E-state index is 12.4. The summed E-state index contributed by atoms with van der Waals surface area (Å²) in [5.74, 6) is 1.16. The molecule has 0 aliphatic rings. The van der Waals surface area contributed by atoms with Crippen LogP contribution in [0.25, 0.3) is 0 Å². The van der Waals surface area contributed by atoms with Gasteiger partial charge in [0.15, 0.2) is 5.96 Å². The number of aromatic nitrogens is 1. The summed E-state index contributed by atoms with van der Waals surface area (Å²) in [6.07, 6.45) is -1.91. The average Bonchev–Trinajstić information content (AvgIpc) is 2.58. The van der Waals surface area contributed by atoms with Gasteiger partial charge in [0.2, 0.25) is 0 Å². The number of aliphatic imine (C=N–C) groups is 1. The predicted octanol–water partition coefficient (Wildman–Crippen LogP) is 3.11. The highest BCUT2D eigenvalue weighted by Gasteiger charge is 2.30. The molecule has 1 heterocycles. The summed E-state index contributed by atoms with van der Waals surface area (Å²) in [6.45, 7) is 5.38. The van der Waals surface area contributed by atoms with Gasteiger partial charge in [0.25, 0.3) is 0 Å². The van der Waals surface area contributed by atoms with Crippen molar-refractivity contribution in [3.8, 4) is 0 Å². The summed E-state index contributed by atoms with van der Waals surface area (Å²) < 4.78 is 42.3. The number of anilines is 1. The molecule has 0 aliphatic heterocycles. The zero-order valence-electron chi connectivity index (χ0n) is 15.0. The van der Waals surface area contributed by atoms with Gasteiger partial charge in [0, 0.05) is 46.1 Å². The topological polar surface area (TPSA) is 70.6 Å². The first-order valence-corrected chi connectivity index (χ1v) is 8.25. The van der Waals surface area contributed by atoms with Crippen LogP contribution in [0.2, 0.25) is 0 Å². The van der Waals surface area contributed by atoms with Crippen LogP contribution >= 0.6 is 24.0 Å². The number of ether oxygens (including phenoxy) is 1. The van der Waals surface area contributed by atoms with E-state index in [1.54, 1.807) is 7.11 Å². The first-order chi connectivity index (χ1) is 12.0. The Kier molecular flexibility index (Phi) is 13.2. The second-order valence-corrected chi connectivity index (χ2v) is 5.24. The molecule has 0 saturated heterocycles. The zero-order chi connectivity index (χ0) is 18.5. The van der Waals surface area contributed by atoms with Gasteiger partial charge in [0.05, 0.1) is 5.56 Å². The van der Waals surface area contributed by atoms with E-state index in [4.69, 9.17) is 4.74 Å². The standard InChI is InChI=1S/C16H26F3N5O.HI/c1-3-20-15(23-10-5-11-25-2)22-9-4-8-21-14-7-6-13(12-24-14)16(17,18)19;/h6-7,12H,3-5,8-11H2,1-2H3,(H,21,24)(H2,20,22,23);1H. The van der Waals surface area contributed by atoms with E-state index in [1.165, 1.54) is 6.07 Å². The number of methoxy groups -OCH3 is 1. The van der Waals surface area contributed by atoms with Crippen molar-refractivity contribution in [2.24, 2.45) is 4.99 Å². The van der Waals surface area contributed by atoms with E-state index in [0.29, 0.717) is 25.5 Å². The molecule has 6 nitrogen and oxygen atoms in total. The Morgan fingerprint density at radius 1 is 1.19 bits per heavy atom. The Morgan fingerprint density at radius 2 is 1.96 bits per heavy atom. The molecule has 0 atom stereocenters. The summed E-state index contributed by atoms with van der Waals surface area (Å²) in [5, 5.41) is 9.34. The lowest BCUT2D eigenvalue weighted by molar-refractivity contribution is -0.137. The highest BCUT2D eigenvalue weighted by atomic mass is 127. The van der Waals surface area contributed by atoms with Crippen LogP contribution in [0, 0.1) is 0 Å². The molecular weight excluding hydrogens is 462 g/mol. The molecule has 0 bridgehead atoms. The van der Waals surface area contributed by atoms with Crippen LogP contribution in [0.15, 0.2) is 23.3 Å². The number of rotatable bonds is 10. The van der Waals surface area contributed by atoms with Crippen molar-refractivity contribution in [2.75, 3.05) is 45.2 Å². The normalized spacial score (nSPS) is 11.7. The number of nitrogens with one attached hydrogen (secondary N) is 3. The second-order valence-electron chi connectivity index (χ2n) is 5.24. The molecule has 10 heteroatoms. The molecule has 0 aliphatic carbocycles. The average molecular weight is 489 g/mol. The van der Waals surface area contributed by atoms with Crippen molar-refractivity contribution in [1.29, 1.82) is 0 Å². The summed E-state index contributed by atoms with van der Waals surface area (Å²) in [4.78, 5) is 8.19. The summed E-state index contributed by atoms with van der Waals surface area (Å²) in [6, 6.07) is 2.34. The quantitative estimate of drug-likeness (QED) is 0.204. The van der Waals surface area contributed by atoms with Crippen LogP contribution in [-0.4, -0.2) is 50.8 Å². The van der Waals surface area contributed by atoms with Gasteiger partial charge >= 0.3 is 6.18 Å². The van der Waals surface area contributed by atoms with Gasteiger partial charge in [-0.3, -0.25) is 4.99 Å². The Balaban J connectivity index is 0.00000625. The van der Waals surface area contributed by atoms with E-state index in [0.717, 1.165) is 44.2 Å². The molecule has 26 heavy (non-hydrogen) atoms. The smallest absolute Gasteiger partial charge is 0.385 e. The lowest BCUT2D eigenvalue weighted by atomic mass is 10.3. The summed E-state index contributed by atoms with van der Waals surface area (Å²) in [5.41, 5.74) is -0.752. The van der Waals surface area contributed by atoms with Crippen LogP contribution in [0.3, 0.4) is 0 Å². The van der Waals surface area contributed by atoms with Gasteiger partial charge in [0.1, 0.15) is 5.82 Å². The van der Waals surface area contributed by atoms with Gasteiger partial charge < -0.3 is 20.7 Å². The zero-order valence-corrected chi connectivity index (χ0v) is 17.4. The highest BCUT2D eigenvalue weighted by molar-refractivity contribution is 14.0. The van der Waals surface area contributed by atoms with Crippen LogP contribution in [0.5, 0.6) is 0 Å². The fraction of sp³-hybridized carbons (Fsp3) is 0.625. The Labute approximate surface area is 169 Å². The molecule has 0 amide bonds. The van der Waals surface area contributed by atoms with Gasteiger partial charge in [-0.25, -0.2) is 4.98 Å². The third-order valence-electron chi connectivity index (χ3n) is 3.16. The van der Waals surface area contributed by atoms with Gasteiger partial charge in [-0.2, -0.15) is 13.2 Å². The molecule has 0 radical (unpaired) electrons. The first kappa shape index (κ1) is 24.7. The monoisotopic (exact) mass is 489 g/mol. The van der Waals surface area contributed by atoms with Gasteiger partial charge in [-0.15, -0.1) is 24.0 Å². The van der Waals surface area contributed by atoms with Gasteiger partial charge in [-0.1, -0.05) is 0 Å². The van der Waals surface area contributed by atoms with Crippen molar-refractivity contribution in [2.45, 2.75) is 25.9 Å². The van der Waals surface area contributed by atoms with Gasteiger partial charge in [-0.05, 0) is 31.9 Å². The second kappa shape index (κ2) is 13.8. The van der Waals surface area contributed by atoms with E-state index in [2.05, 4.69) is 25.9 Å². The molecule has 0 spiro atoms. The predicted molar refractivity (Wildman–Crippen MR) is 108 cm³/mol. The molecule has 1 rings (SSSR count). The largest absolute Gasteiger partial charge is 0.417 e. The SMILES string of the molecule is CCNC(=NCCCNc1ccc(C(F)(F)F)cn1)NCCCOC.I. The lowest BCUT2D eigenvalue weighted by Gasteiger charge is -2.11. The van der Waals surface area contributed by atoms with E-state index in [1.807, 2.05) is 6.92 Å². The first-order valence-electron chi connectivity index (χ1n) is 8.25. The number of guanidine groups is 1. The van der Waals surface area contributed by atoms with Crippen molar-refractivity contribution in [3.05, 3.63) is 23.9 Å². The number of alkyl halides is 3. The maximum Gasteiger partial charge on any atom is 0.417 e. The molecule has 3 N–H and O–H groups in total. The van der Waals surface area contributed by atoms with E-state index in [-0.39, 0.29) is 24.0 Å². The molecular formula is C16H27F3IN5O. The van der Waals surface area contributed by atoms with E-state index in [9.17, 15) is 13.2 Å². The molecule has 0 unspecified atom stereocenters. The molecule has 1 aromatic rings. The fourth-order valence-electron chi connectivity index (χ4n) is 1.92. The third-order valence-corrected chi connectivity index (χ3v) is 3.16. The van der Waals surface area contributed by atoms with Crippen LogP contribution in [0.1, 0.15) is 25.3 Å². The Hall–Kier alpha value is -1.30. The highest BCUT2D eigenvalue weighted by Crippen LogP contribution is 2.28. The molecule has 1 aromatic heterocycles.